The number of aromatic carboxylic acids is 1. The van der Waals surface area contributed by atoms with Crippen molar-refractivity contribution in [3.05, 3.63) is 108 Å². The van der Waals surface area contributed by atoms with Crippen molar-refractivity contribution >= 4 is 40.6 Å². The fourth-order valence-electron chi connectivity index (χ4n) is 4.78. The highest BCUT2D eigenvalue weighted by Crippen LogP contribution is 2.43. The molecule has 0 saturated carbocycles. The highest BCUT2D eigenvalue weighted by Gasteiger charge is 2.42. The van der Waals surface area contributed by atoms with Crippen LogP contribution in [0.5, 0.6) is 0 Å². The van der Waals surface area contributed by atoms with E-state index in [1.165, 1.54) is 0 Å². The zero-order chi connectivity index (χ0) is 27.7. The minimum Gasteiger partial charge on any atom is -0.478 e. The number of amides is 1. The minimum absolute atomic E-state index is 0.0379. The van der Waals surface area contributed by atoms with Gasteiger partial charge in [0.2, 0.25) is 5.91 Å². The van der Waals surface area contributed by atoms with Crippen molar-refractivity contribution in [2.75, 3.05) is 10.2 Å². The van der Waals surface area contributed by atoms with E-state index >= 15 is 0 Å². The third-order valence-corrected chi connectivity index (χ3v) is 7.16. The lowest BCUT2D eigenvalue weighted by atomic mass is 10.00. The predicted molar refractivity (Wildman–Crippen MR) is 155 cm³/mol. The minimum atomic E-state index is -0.968. The lowest BCUT2D eigenvalue weighted by Crippen LogP contribution is -2.30. The molecule has 5 rings (SSSR count). The molecule has 1 aliphatic rings. The van der Waals surface area contributed by atoms with Crippen molar-refractivity contribution in [2.45, 2.75) is 32.9 Å². The molecule has 198 valence electrons. The zero-order valence-corrected chi connectivity index (χ0v) is 22.6. The molecule has 3 N–H and O–H groups in total. The van der Waals surface area contributed by atoms with Gasteiger partial charge in [-0.3, -0.25) is 9.78 Å². The van der Waals surface area contributed by atoms with Crippen LogP contribution in [-0.2, 0) is 4.79 Å². The molecule has 8 nitrogen and oxygen atoms in total. The molecular formula is C30H29N5O3S. The number of carbonyl (C=O) groups excluding carboxylic acids is 1. The van der Waals surface area contributed by atoms with Crippen LogP contribution in [0.4, 0.5) is 11.4 Å². The smallest absolute Gasteiger partial charge is 0.335 e. The molecule has 0 spiro atoms. The summed E-state index contributed by atoms with van der Waals surface area (Å²) in [4.78, 5) is 30.4. The Morgan fingerprint density at radius 2 is 1.77 bits per heavy atom. The van der Waals surface area contributed by atoms with Crippen molar-refractivity contribution in [1.29, 1.82) is 0 Å². The Hall–Kier alpha value is -4.50. The van der Waals surface area contributed by atoms with Crippen molar-refractivity contribution in [3.63, 3.8) is 0 Å². The van der Waals surface area contributed by atoms with Crippen LogP contribution in [0, 0.1) is 12.8 Å². The second kappa shape index (κ2) is 10.7. The van der Waals surface area contributed by atoms with Crippen LogP contribution in [0.1, 0.15) is 53.2 Å². The summed E-state index contributed by atoms with van der Waals surface area (Å²) in [6.45, 7) is 5.68. The molecule has 0 radical (unpaired) electrons. The van der Waals surface area contributed by atoms with Crippen LogP contribution in [0.25, 0.3) is 5.69 Å². The summed E-state index contributed by atoms with van der Waals surface area (Å²) in [5.41, 5.74) is 5.42. The van der Waals surface area contributed by atoms with E-state index in [9.17, 15) is 14.7 Å². The van der Waals surface area contributed by atoms with Gasteiger partial charge in [-0.1, -0.05) is 19.9 Å². The maximum absolute atomic E-state index is 12.3. The fraction of sp³-hybridized carbons (Fsp3) is 0.200. The van der Waals surface area contributed by atoms with Crippen molar-refractivity contribution in [3.8, 4) is 5.69 Å². The molecule has 1 saturated heterocycles. The van der Waals surface area contributed by atoms with E-state index in [2.05, 4.69) is 20.5 Å². The van der Waals surface area contributed by atoms with E-state index in [0.29, 0.717) is 5.11 Å². The van der Waals surface area contributed by atoms with Crippen LogP contribution in [0.15, 0.2) is 85.2 Å². The Morgan fingerprint density at radius 1 is 1.03 bits per heavy atom. The second-order valence-corrected chi connectivity index (χ2v) is 10.2. The molecule has 9 heteroatoms. The number of carbonyl (C=O) groups is 2. The first-order valence-electron chi connectivity index (χ1n) is 12.7. The summed E-state index contributed by atoms with van der Waals surface area (Å²) in [7, 11) is 0. The number of carboxylic acids is 1. The molecule has 4 aromatic rings. The number of aromatic nitrogens is 2. The first kappa shape index (κ1) is 26.1. The second-order valence-electron chi connectivity index (χ2n) is 9.79. The van der Waals surface area contributed by atoms with E-state index in [0.717, 1.165) is 34.0 Å². The molecule has 1 aliphatic heterocycles. The van der Waals surface area contributed by atoms with Crippen LogP contribution >= 0.6 is 12.2 Å². The van der Waals surface area contributed by atoms with Gasteiger partial charge in [-0.2, -0.15) is 0 Å². The van der Waals surface area contributed by atoms with Gasteiger partial charge in [-0.15, -0.1) is 0 Å². The first-order valence-corrected chi connectivity index (χ1v) is 13.1. The highest BCUT2D eigenvalue weighted by molar-refractivity contribution is 7.80. The maximum Gasteiger partial charge on any atom is 0.335 e. The average molecular weight is 540 g/mol. The van der Waals surface area contributed by atoms with E-state index < -0.39 is 5.97 Å². The molecule has 2 aromatic heterocycles. The summed E-state index contributed by atoms with van der Waals surface area (Å²) in [5, 5.41) is 16.4. The Bertz CT molecular complexity index is 1530. The third kappa shape index (κ3) is 5.13. The molecule has 2 atom stereocenters. The van der Waals surface area contributed by atoms with Crippen molar-refractivity contribution in [2.24, 2.45) is 5.92 Å². The van der Waals surface area contributed by atoms with Gasteiger partial charge in [0.15, 0.2) is 5.11 Å². The van der Waals surface area contributed by atoms with E-state index in [4.69, 9.17) is 12.2 Å². The van der Waals surface area contributed by atoms with E-state index in [-0.39, 0.29) is 29.5 Å². The summed E-state index contributed by atoms with van der Waals surface area (Å²) in [6, 6.07) is 22.0. The maximum atomic E-state index is 12.3. The van der Waals surface area contributed by atoms with Crippen LogP contribution in [0.2, 0.25) is 0 Å². The number of rotatable bonds is 7. The summed E-state index contributed by atoms with van der Waals surface area (Å²) in [6.07, 6.45) is 3.72. The molecule has 0 bridgehead atoms. The normalized spacial score (nSPS) is 16.8. The molecule has 39 heavy (non-hydrogen) atoms. The Balaban J connectivity index is 1.59. The largest absolute Gasteiger partial charge is 0.478 e. The summed E-state index contributed by atoms with van der Waals surface area (Å²) in [5.74, 6) is -1.13. The topological polar surface area (TPSA) is 99.5 Å². The molecule has 2 unspecified atom stereocenters. The molecule has 2 aromatic carbocycles. The quantitative estimate of drug-likeness (QED) is 0.261. The number of nitrogens with zero attached hydrogens (tertiary/aromatic N) is 3. The van der Waals surface area contributed by atoms with Gasteiger partial charge in [0.1, 0.15) is 6.04 Å². The number of hydrogen-bond acceptors (Lipinski definition) is 4. The monoisotopic (exact) mass is 539 g/mol. The molecule has 3 heterocycles. The van der Waals surface area contributed by atoms with Gasteiger partial charge in [0.05, 0.1) is 17.3 Å². The molecule has 1 amide bonds. The van der Waals surface area contributed by atoms with Crippen LogP contribution < -0.4 is 15.5 Å². The number of thiocarbonyl (C=S) groups is 1. The van der Waals surface area contributed by atoms with E-state index in [1.54, 1.807) is 30.5 Å². The number of benzene rings is 2. The van der Waals surface area contributed by atoms with Gasteiger partial charge in [-0.05, 0) is 91.4 Å². The highest BCUT2D eigenvalue weighted by atomic mass is 32.1. The van der Waals surface area contributed by atoms with Gasteiger partial charge < -0.3 is 25.2 Å². The van der Waals surface area contributed by atoms with Gasteiger partial charge in [-0.25, -0.2) is 4.79 Å². The van der Waals surface area contributed by atoms with Gasteiger partial charge >= 0.3 is 5.97 Å². The number of anilines is 2. The Labute approximate surface area is 232 Å². The number of carboxylic acid groups (broad SMARTS) is 1. The number of pyridine rings is 1. The number of hydrogen-bond donors (Lipinski definition) is 3. The zero-order valence-electron chi connectivity index (χ0n) is 21.8. The fourth-order valence-corrected chi connectivity index (χ4v) is 5.13. The average Bonchev–Trinajstić information content (AvgIpc) is 3.54. The number of nitrogens with one attached hydrogen (secondary N) is 2. The predicted octanol–water partition coefficient (Wildman–Crippen LogP) is 5.65. The lowest BCUT2D eigenvalue weighted by Gasteiger charge is -2.29. The summed E-state index contributed by atoms with van der Waals surface area (Å²) < 4.78 is 2.04. The molecule has 1 fully saturated rings. The van der Waals surface area contributed by atoms with Crippen molar-refractivity contribution in [1.82, 2.24) is 14.9 Å². The first-order chi connectivity index (χ1) is 18.7. The standard InChI is InChI=1S/C30H29N5O3S/c1-18(2)28(36)32-23-14-13-22(17-19(23)3)35-27(26(33-30(35)39)24-7-4-5-15-31-24)25-8-6-16-34(25)21-11-9-20(10-12-21)29(37)38/h4-18,26-27H,1-3H3,(H,32,36)(H,33,39)(H,37,38). The van der Waals surface area contributed by atoms with Crippen LogP contribution in [0.3, 0.4) is 0 Å². The van der Waals surface area contributed by atoms with Gasteiger partial charge in [0.25, 0.3) is 0 Å². The van der Waals surface area contributed by atoms with Crippen molar-refractivity contribution < 1.29 is 14.7 Å². The molecular weight excluding hydrogens is 510 g/mol. The summed E-state index contributed by atoms with van der Waals surface area (Å²) >= 11 is 5.88. The van der Waals surface area contributed by atoms with Crippen LogP contribution in [-0.4, -0.2) is 31.6 Å². The van der Waals surface area contributed by atoms with Gasteiger partial charge in [0, 0.05) is 41.1 Å². The Morgan fingerprint density at radius 3 is 2.41 bits per heavy atom. The SMILES string of the molecule is Cc1cc(N2C(=S)NC(c3ccccn3)C2c2cccn2-c2ccc(C(=O)O)cc2)ccc1NC(=O)C(C)C. The Kier molecular flexibility index (Phi) is 7.17. The third-order valence-electron chi connectivity index (χ3n) is 6.84. The molecule has 0 aliphatic carbocycles. The number of aryl methyl sites for hydroxylation is 1. The van der Waals surface area contributed by atoms with E-state index in [1.807, 2.05) is 80.1 Å². The lowest BCUT2D eigenvalue weighted by molar-refractivity contribution is -0.118.